The van der Waals surface area contributed by atoms with Gasteiger partial charge in [0, 0.05) is 6.54 Å². The third-order valence-corrected chi connectivity index (χ3v) is 5.09. The van der Waals surface area contributed by atoms with Crippen molar-refractivity contribution >= 4 is 5.91 Å². The van der Waals surface area contributed by atoms with Crippen LogP contribution in [-0.2, 0) is 19.3 Å². The van der Waals surface area contributed by atoms with Gasteiger partial charge in [0.15, 0.2) is 0 Å². The number of aryl methyl sites for hydroxylation is 2. The molecule has 0 saturated heterocycles. The van der Waals surface area contributed by atoms with E-state index in [-0.39, 0.29) is 23.0 Å². The van der Waals surface area contributed by atoms with E-state index in [2.05, 4.69) is 5.32 Å². The van der Waals surface area contributed by atoms with Crippen molar-refractivity contribution in [3.63, 3.8) is 0 Å². The minimum Gasteiger partial charge on any atom is -0.507 e. The molecular weight excluding hydrogens is 397 g/mol. The van der Waals surface area contributed by atoms with Gasteiger partial charge in [-0.3, -0.25) is 4.79 Å². The van der Waals surface area contributed by atoms with Gasteiger partial charge in [0.1, 0.15) is 23.1 Å². The maximum atomic E-state index is 13.0. The zero-order valence-corrected chi connectivity index (χ0v) is 17.7. The van der Waals surface area contributed by atoms with Gasteiger partial charge in [0.2, 0.25) is 0 Å². The van der Waals surface area contributed by atoms with Gasteiger partial charge >= 0.3 is 0 Å². The minimum absolute atomic E-state index is 0.0676. The molecule has 0 aliphatic carbocycles. The molecule has 1 amide bonds. The molecule has 0 spiro atoms. The molecule has 0 saturated carbocycles. The van der Waals surface area contributed by atoms with Crippen LogP contribution in [0.25, 0.3) is 0 Å². The van der Waals surface area contributed by atoms with E-state index in [1.165, 1.54) is 18.2 Å². The second-order valence-corrected chi connectivity index (χ2v) is 7.16. The van der Waals surface area contributed by atoms with Gasteiger partial charge in [-0.1, -0.05) is 18.2 Å². The number of carbonyl (C=O) groups is 1. The lowest BCUT2D eigenvalue weighted by Crippen LogP contribution is -2.25. The van der Waals surface area contributed by atoms with Crippen LogP contribution in [0.1, 0.15) is 27.0 Å². The number of benzene rings is 3. The molecule has 3 rings (SSSR count). The van der Waals surface area contributed by atoms with Crippen molar-refractivity contribution in [1.82, 2.24) is 5.32 Å². The summed E-state index contributed by atoms with van der Waals surface area (Å²) in [5, 5.41) is 13.0. The number of nitrogens with one attached hydrogen (secondary N) is 1. The molecule has 6 heteroatoms. The first-order valence-electron chi connectivity index (χ1n) is 10.1. The standard InChI is InChI=1S/C25H26FNO4/c1-30-21-10-12-24(31-2)19(16-21)7-3-18-6-11-23(28)22(15-18)25(29)27-14-13-17-4-8-20(26)9-5-17/h4-6,8-12,15-16,28H,3,7,13-14H2,1-2H3,(H,27,29). The molecule has 0 aliphatic heterocycles. The van der Waals surface area contributed by atoms with Crippen LogP contribution in [0.3, 0.4) is 0 Å². The number of methoxy groups -OCH3 is 2. The van der Waals surface area contributed by atoms with Crippen molar-refractivity contribution in [1.29, 1.82) is 0 Å². The van der Waals surface area contributed by atoms with Crippen LogP contribution in [0.15, 0.2) is 60.7 Å². The summed E-state index contributed by atoms with van der Waals surface area (Å²) in [4.78, 5) is 12.6. The molecule has 0 unspecified atom stereocenters. The highest BCUT2D eigenvalue weighted by Gasteiger charge is 2.13. The SMILES string of the molecule is COc1ccc(OC)c(CCc2ccc(O)c(C(=O)NCCc3ccc(F)cc3)c2)c1. The summed E-state index contributed by atoms with van der Waals surface area (Å²) in [6.07, 6.45) is 1.93. The second kappa shape index (κ2) is 10.5. The van der Waals surface area contributed by atoms with Crippen LogP contribution in [0, 0.1) is 5.82 Å². The lowest BCUT2D eigenvalue weighted by molar-refractivity contribution is 0.0951. The Balaban J connectivity index is 1.63. The maximum absolute atomic E-state index is 13.0. The van der Waals surface area contributed by atoms with Gasteiger partial charge in [-0.05, 0) is 78.4 Å². The molecule has 0 radical (unpaired) electrons. The Hall–Kier alpha value is -3.54. The molecular formula is C25H26FNO4. The molecule has 0 heterocycles. The summed E-state index contributed by atoms with van der Waals surface area (Å²) >= 11 is 0. The van der Waals surface area contributed by atoms with Crippen molar-refractivity contribution in [2.45, 2.75) is 19.3 Å². The fraction of sp³-hybridized carbons (Fsp3) is 0.240. The number of hydrogen-bond donors (Lipinski definition) is 2. The fourth-order valence-electron chi connectivity index (χ4n) is 3.34. The van der Waals surface area contributed by atoms with E-state index < -0.39 is 0 Å². The van der Waals surface area contributed by atoms with E-state index in [0.717, 1.165) is 28.2 Å². The molecule has 5 nitrogen and oxygen atoms in total. The molecule has 0 aromatic heterocycles. The molecule has 0 fully saturated rings. The van der Waals surface area contributed by atoms with E-state index in [4.69, 9.17) is 9.47 Å². The van der Waals surface area contributed by atoms with Crippen LogP contribution in [0.4, 0.5) is 4.39 Å². The molecule has 3 aromatic rings. The Morgan fingerprint density at radius 3 is 2.35 bits per heavy atom. The molecule has 0 aliphatic rings. The zero-order valence-electron chi connectivity index (χ0n) is 17.7. The highest BCUT2D eigenvalue weighted by Crippen LogP contribution is 2.26. The predicted octanol–water partition coefficient (Wildman–Crippen LogP) is 4.31. The van der Waals surface area contributed by atoms with Gasteiger partial charge in [0.05, 0.1) is 19.8 Å². The van der Waals surface area contributed by atoms with Gasteiger partial charge < -0.3 is 19.9 Å². The average Bonchev–Trinajstić information content (AvgIpc) is 2.79. The lowest BCUT2D eigenvalue weighted by Gasteiger charge is -2.12. The average molecular weight is 423 g/mol. The van der Waals surface area contributed by atoms with Gasteiger partial charge in [-0.25, -0.2) is 4.39 Å². The molecule has 0 atom stereocenters. The number of amides is 1. The van der Waals surface area contributed by atoms with Crippen molar-refractivity contribution in [3.8, 4) is 17.2 Å². The summed E-state index contributed by atoms with van der Waals surface area (Å²) in [6.45, 7) is 0.384. The van der Waals surface area contributed by atoms with E-state index in [1.807, 2.05) is 18.2 Å². The van der Waals surface area contributed by atoms with E-state index >= 15 is 0 Å². The Morgan fingerprint density at radius 2 is 1.65 bits per heavy atom. The molecule has 3 aromatic carbocycles. The number of rotatable bonds is 9. The van der Waals surface area contributed by atoms with Crippen molar-refractivity contribution in [2.24, 2.45) is 0 Å². The first-order chi connectivity index (χ1) is 15.0. The van der Waals surface area contributed by atoms with Gasteiger partial charge in [-0.2, -0.15) is 0 Å². The monoisotopic (exact) mass is 423 g/mol. The number of aromatic hydroxyl groups is 1. The largest absolute Gasteiger partial charge is 0.507 e. The van der Waals surface area contributed by atoms with Crippen LogP contribution in [-0.4, -0.2) is 31.8 Å². The smallest absolute Gasteiger partial charge is 0.255 e. The molecule has 31 heavy (non-hydrogen) atoms. The number of halogens is 1. The Morgan fingerprint density at radius 1 is 0.903 bits per heavy atom. The van der Waals surface area contributed by atoms with Crippen LogP contribution in [0.2, 0.25) is 0 Å². The number of hydrogen-bond acceptors (Lipinski definition) is 4. The quantitative estimate of drug-likeness (QED) is 0.538. The molecule has 2 N–H and O–H groups in total. The Bertz CT molecular complexity index is 1030. The Kier molecular flexibility index (Phi) is 7.49. The summed E-state index contributed by atoms with van der Waals surface area (Å²) in [5.74, 6) is 0.824. The highest BCUT2D eigenvalue weighted by atomic mass is 19.1. The minimum atomic E-state index is -0.347. The summed E-state index contributed by atoms with van der Waals surface area (Å²) in [6, 6.07) is 16.8. The van der Waals surface area contributed by atoms with Crippen molar-refractivity contribution in [2.75, 3.05) is 20.8 Å². The molecule has 0 bridgehead atoms. The third kappa shape index (κ3) is 5.98. The number of phenolic OH excluding ortho intramolecular Hbond substituents is 1. The predicted molar refractivity (Wildman–Crippen MR) is 117 cm³/mol. The van der Waals surface area contributed by atoms with Crippen molar-refractivity contribution in [3.05, 3.63) is 88.7 Å². The summed E-state index contributed by atoms with van der Waals surface area (Å²) in [7, 11) is 3.24. The van der Waals surface area contributed by atoms with E-state index in [0.29, 0.717) is 25.8 Å². The number of ether oxygens (including phenoxy) is 2. The maximum Gasteiger partial charge on any atom is 0.255 e. The topological polar surface area (TPSA) is 67.8 Å². The zero-order chi connectivity index (χ0) is 22.2. The summed E-state index contributed by atoms with van der Waals surface area (Å²) < 4.78 is 23.7. The number of phenols is 1. The lowest BCUT2D eigenvalue weighted by atomic mass is 10.0. The third-order valence-electron chi connectivity index (χ3n) is 5.09. The first-order valence-corrected chi connectivity index (χ1v) is 10.1. The summed E-state index contributed by atoms with van der Waals surface area (Å²) in [5.41, 5.74) is 3.08. The van der Waals surface area contributed by atoms with E-state index in [9.17, 15) is 14.3 Å². The highest BCUT2D eigenvalue weighted by molar-refractivity contribution is 5.97. The van der Waals surface area contributed by atoms with E-state index in [1.54, 1.807) is 38.5 Å². The van der Waals surface area contributed by atoms with Crippen LogP contribution >= 0.6 is 0 Å². The molecule has 162 valence electrons. The van der Waals surface area contributed by atoms with Gasteiger partial charge in [0.25, 0.3) is 5.91 Å². The normalized spacial score (nSPS) is 10.5. The number of carbonyl (C=O) groups excluding carboxylic acids is 1. The first kappa shape index (κ1) is 22.2. The fourth-order valence-corrected chi connectivity index (χ4v) is 3.34. The van der Waals surface area contributed by atoms with Crippen LogP contribution in [0.5, 0.6) is 17.2 Å². The second-order valence-electron chi connectivity index (χ2n) is 7.16. The van der Waals surface area contributed by atoms with Crippen molar-refractivity contribution < 1.29 is 23.8 Å². The van der Waals surface area contributed by atoms with Gasteiger partial charge in [-0.15, -0.1) is 0 Å². The Labute approximate surface area is 181 Å². The van der Waals surface area contributed by atoms with Crippen LogP contribution < -0.4 is 14.8 Å².